The molecule has 0 unspecified atom stereocenters. The van der Waals surface area contributed by atoms with Crippen molar-refractivity contribution in [1.82, 2.24) is 4.90 Å². The van der Waals surface area contributed by atoms with Crippen molar-refractivity contribution >= 4 is 12.4 Å². The van der Waals surface area contributed by atoms with Gasteiger partial charge in [-0.15, -0.1) is 12.4 Å². The van der Waals surface area contributed by atoms with Gasteiger partial charge in [-0.2, -0.15) is 0 Å². The summed E-state index contributed by atoms with van der Waals surface area (Å²) in [4.78, 5) is 2.35. The van der Waals surface area contributed by atoms with Crippen LogP contribution < -0.4 is 5.73 Å². The molecule has 1 aromatic carbocycles. The minimum atomic E-state index is -0.175. The Kier molecular flexibility index (Phi) is 4.76. The fourth-order valence-corrected chi connectivity index (χ4v) is 2.58. The number of hydrogen-bond donors (Lipinski definition) is 1. The minimum absolute atomic E-state index is 0. The van der Waals surface area contributed by atoms with Crippen molar-refractivity contribution in [2.75, 3.05) is 13.1 Å². The molecule has 4 heteroatoms. The van der Waals surface area contributed by atoms with E-state index in [4.69, 9.17) is 5.73 Å². The molecule has 0 saturated heterocycles. The van der Waals surface area contributed by atoms with Crippen LogP contribution in [-0.4, -0.2) is 23.5 Å². The Bertz CT molecular complexity index is 427. The van der Waals surface area contributed by atoms with Crippen molar-refractivity contribution in [1.29, 1.82) is 0 Å². The number of fused-ring (bicyclic) bond motifs is 1. The van der Waals surface area contributed by atoms with Gasteiger partial charge in [-0.25, -0.2) is 4.39 Å². The first kappa shape index (κ1) is 15.4. The van der Waals surface area contributed by atoms with Gasteiger partial charge in [-0.05, 0) is 56.0 Å². The second kappa shape index (κ2) is 5.55. The predicted octanol–water partition coefficient (Wildman–Crippen LogP) is 2.65. The highest BCUT2D eigenvalue weighted by molar-refractivity contribution is 5.85. The molecule has 0 bridgehead atoms. The van der Waals surface area contributed by atoms with E-state index in [9.17, 15) is 4.39 Å². The largest absolute Gasteiger partial charge is 0.324 e. The fraction of sp³-hybridized carbons (Fsp3) is 0.571. The SMILES string of the molecule is Cc1cc(F)cc2c1CN(CC(C)(C)N)CC2.Cl. The Morgan fingerprint density at radius 2 is 2.06 bits per heavy atom. The van der Waals surface area contributed by atoms with Crippen molar-refractivity contribution in [3.8, 4) is 0 Å². The predicted molar refractivity (Wildman–Crippen MR) is 75.6 cm³/mol. The summed E-state index contributed by atoms with van der Waals surface area (Å²) in [5.41, 5.74) is 9.37. The smallest absolute Gasteiger partial charge is 0.123 e. The molecule has 1 heterocycles. The van der Waals surface area contributed by atoms with E-state index >= 15 is 0 Å². The lowest BCUT2D eigenvalue weighted by Gasteiger charge is -2.34. The summed E-state index contributed by atoms with van der Waals surface area (Å²) in [7, 11) is 0. The van der Waals surface area contributed by atoms with Crippen LogP contribution in [-0.2, 0) is 13.0 Å². The highest BCUT2D eigenvalue weighted by Crippen LogP contribution is 2.24. The number of nitrogens with zero attached hydrogens (tertiary/aromatic N) is 1. The van der Waals surface area contributed by atoms with E-state index in [2.05, 4.69) is 4.90 Å². The molecule has 0 spiro atoms. The second-order valence-corrected chi connectivity index (χ2v) is 5.81. The van der Waals surface area contributed by atoms with E-state index in [1.165, 1.54) is 5.56 Å². The van der Waals surface area contributed by atoms with Gasteiger partial charge in [-0.3, -0.25) is 4.90 Å². The van der Waals surface area contributed by atoms with Crippen molar-refractivity contribution in [3.05, 3.63) is 34.6 Å². The first-order valence-electron chi connectivity index (χ1n) is 6.14. The van der Waals surface area contributed by atoms with Crippen LogP contribution in [0.1, 0.15) is 30.5 Å². The van der Waals surface area contributed by atoms with Crippen LogP contribution in [0.3, 0.4) is 0 Å². The molecule has 0 radical (unpaired) electrons. The summed E-state index contributed by atoms with van der Waals surface area (Å²) in [5.74, 6) is -0.117. The summed E-state index contributed by atoms with van der Waals surface area (Å²) in [6, 6.07) is 3.29. The van der Waals surface area contributed by atoms with E-state index < -0.39 is 0 Å². The van der Waals surface area contributed by atoms with Gasteiger partial charge in [0.05, 0.1) is 0 Å². The van der Waals surface area contributed by atoms with Crippen LogP contribution in [0, 0.1) is 12.7 Å². The first-order chi connectivity index (χ1) is 7.85. The Morgan fingerprint density at radius 1 is 1.39 bits per heavy atom. The maximum absolute atomic E-state index is 13.3. The van der Waals surface area contributed by atoms with Gasteiger partial charge in [0.2, 0.25) is 0 Å². The monoisotopic (exact) mass is 272 g/mol. The Balaban J connectivity index is 0.00000162. The van der Waals surface area contributed by atoms with E-state index in [1.54, 1.807) is 12.1 Å². The van der Waals surface area contributed by atoms with Crippen LogP contribution in [0.2, 0.25) is 0 Å². The molecule has 0 amide bonds. The lowest BCUT2D eigenvalue weighted by molar-refractivity contribution is 0.208. The molecule has 0 fully saturated rings. The minimum Gasteiger partial charge on any atom is -0.324 e. The van der Waals surface area contributed by atoms with Gasteiger partial charge in [0.1, 0.15) is 5.82 Å². The maximum atomic E-state index is 13.3. The van der Waals surface area contributed by atoms with Gasteiger partial charge < -0.3 is 5.73 Å². The average Bonchev–Trinajstić information content (AvgIpc) is 2.16. The van der Waals surface area contributed by atoms with Gasteiger partial charge in [0.15, 0.2) is 0 Å². The van der Waals surface area contributed by atoms with Gasteiger partial charge in [0, 0.05) is 25.2 Å². The third-order valence-electron chi connectivity index (χ3n) is 3.24. The molecule has 0 aliphatic carbocycles. The lowest BCUT2D eigenvalue weighted by Crippen LogP contribution is -2.46. The zero-order valence-electron chi connectivity index (χ0n) is 11.3. The van der Waals surface area contributed by atoms with Crippen LogP contribution in [0.25, 0.3) is 0 Å². The van der Waals surface area contributed by atoms with Crippen molar-refractivity contribution in [3.63, 3.8) is 0 Å². The standard InChI is InChI=1S/C14H21FN2.ClH/c1-10-6-12(15)7-11-4-5-17(8-13(10)11)9-14(2,3)16;/h6-7H,4-5,8-9,16H2,1-3H3;1H. The summed E-state index contributed by atoms with van der Waals surface area (Å²) >= 11 is 0. The summed E-state index contributed by atoms with van der Waals surface area (Å²) < 4.78 is 13.3. The third kappa shape index (κ3) is 3.67. The van der Waals surface area contributed by atoms with E-state index in [1.807, 2.05) is 20.8 Å². The topological polar surface area (TPSA) is 29.3 Å². The van der Waals surface area contributed by atoms with Gasteiger partial charge in [0.25, 0.3) is 0 Å². The molecule has 1 aromatic rings. The molecule has 2 N–H and O–H groups in total. The third-order valence-corrected chi connectivity index (χ3v) is 3.24. The number of nitrogens with two attached hydrogens (primary N) is 1. The highest BCUT2D eigenvalue weighted by Gasteiger charge is 2.22. The van der Waals surface area contributed by atoms with Crippen molar-refractivity contribution in [2.45, 2.75) is 39.3 Å². The van der Waals surface area contributed by atoms with Gasteiger partial charge in [-0.1, -0.05) is 0 Å². The molecule has 1 aliphatic rings. The van der Waals surface area contributed by atoms with Crippen LogP contribution in [0.5, 0.6) is 0 Å². The number of rotatable bonds is 2. The maximum Gasteiger partial charge on any atom is 0.123 e. The molecular formula is C14H22ClFN2. The fourth-order valence-electron chi connectivity index (χ4n) is 2.58. The molecule has 0 saturated carbocycles. The number of hydrogen-bond acceptors (Lipinski definition) is 2. The second-order valence-electron chi connectivity index (χ2n) is 5.81. The summed E-state index contributed by atoms with van der Waals surface area (Å²) in [5, 5.41) is 0. The van der Waals surface area contributed by atoms with Crippen LogP contribution in [0.15, 0.2) is 12.1 Å². The average molecular weight is 273 g/mol. The Labute approximate surface area is 115 Å². The van der Waals surface area contributed by atoms with E-state index in [-0.39, 0.29) is 23.8 Å². The van der Waals surface area contributed by atoms with Crippen LogP contribution >= 0.6 is 12.4 Å². The molecule has 0 atom stereocenters. The zero-order chi connectivity index (χ0) is 12.6. The molecule has 0 aromatic heterocycles. The van der Waals surface area contributed by atoms with E-state index in [0.717, 1.165) is 37.2 Å². The molecule has 1 aliphatic heterocycles. The van der Waals surface area contributed by atoms with E-state index in [0.29, 0.717) is 0 Å². The van der Waals surface area contributed by atoms with Crippen LogP contribution in [0.4, 0.5) is 4.39 Å². The molecule has 102 valence electrons. The highest BCUT2D eigenvalue weighted by atomic mass is 35.5. The molecule has 2 nitrogen and oxygen atoms in total. The normalized spacial score (nSPS) is 16.1. The molecule has 18 heavy (non-hydrogen) atoms. The quantitative estimate of drug-likeness (QED) is 0.897. The number of halogens is 2. The van der Waals surface area contributed by atoms with Crippen molar-refractivity contribution in [2.24, 2.45) is 5.73 Å². The summed E-state index contributed by atoms with van der Waals surface area (Å²) in [6.45, 7) is 8.81. The zero-order valence-corrected chi connectivity index (χ0v) is 12.1. The first-order valence-corrected chi connectivity index (χ1v) is 6.14. The van der Waals surface area contributed by atoms with Crippen molar-refractivity contribution < 1.29 is 4.39 Å². The number of aryl methyl sites for hydroxylation is 1. The molecule has 2 rings (SSSR count). The van der Waals surface area contributed by atoms with Gasteiger partial charge >= 0.3 is 0 Å². The molecular weight excluding hydrogens is 251 g/mol. The Hall–Kier alpha value is -0.640. The lowest BCUT2D eigenvalue weighted by atomic mass is 9.94. The summed E-state index contributed by atoms with van der Waals surface area (Å²) in [6.07, 6.45) is 0.921. The Morgan fingerprint density at radius 3 is 2.67 bits per heavy atom. The number of benzene rings is 1.